The largest absolute Gasteiger partial charge is 0.367 e. The second-order valence-electron chi connectivity index (χ2n) is 7.11. The monoisotopic (exact) mass is 314 g/mol. The zero-order chi connectivity index (χ0) is 15.6. The zero-order valence-corrected chi connectivity index (χ0v) is 13.9. The number of fused-ring (bicyclic) bond motifs is 1. The Balaban J connectivity index is 1.31. The molecule has 4 rings (SSSR count). The van der Waals surface area contributed by atoms with Crippen LogP contribution in [-0.4, -0.2) is 50.7 Å². The highest BCUT2D eigenvalue weighted by molar-refractivity contribution is 5.62. The quantitative estimate of drug-likeness (QED) is 0.830. The summed E-state index contributed by atoms with van der Waals surface area (Å²) < 4.78 is 2.10. The molecule has 2 aliphatic rings. The summed E-state index contributed by atoms with van der Waals surface area (Å²) in [6, 6.07) is 0. The van der Waals surface area contributed by atoms with Crippen molar-refractivity contribution in [3.63, 3.8) is 0 Å². The standard InChI is InChI=1S/C17H26N6/c1-13-5-10-22(11-6-13)9-2-7-18-15-17-21-20-16(14-3-4-14)23(17)12-8-19-15/h8,12-14H,2-7,9-11H2,1H3,(H,18,19). The zero-order valence-electron chi connectivity index (χ0n) is 13.9. The van der Waals surface area contributed by atoms with Crippen LogP contribution in [0.3, 0.4) is 0 Å². The van der Waals surface area contributed by atoms with Gasteiger partial charge in [-0.2, -0.15) is 0 Å². The topological polar surface area (TPSA) is 58.4 Å². The van der Waals surface area contributed by atoms with Gasteiger partial charge >= 0.3 is 0 Å². The van der Waals surface area contributed by atoms with Crippen molar-refractivity contribution >= 4 is 11.5 Å². The van der Waals surface area contributed by atoms with Gasteiger partial charge in [0.1, 0.15) is 5.82 Å². The lowest BCUT2D eigenvalue weighted by Gasteiger charge is -2.30. The molecule has 2 fully saturated rings. The first-order valence-corrected chi connectivity index (χ1v) is 8.97. The Morgan fingerprint density at radius 3 is 2.78 bits per heavy atom. The van der Waals surface area contributed by atoms with Gasteiger partial charge in [-0.05, 0) is 57.7 Å². The highest BCUT2D eigenvalue weighted by Crippen LogP contribution is 2.39. The maximum atomic E-state index is 4.45. The molecule has 124 valence electrons. The van der Waals surface area contributed by atoms with Crippen LogP contribution in [0.15, 0.2) is 12.4 Å². The summed E-state index contributed by atoms with van der Waals surface area (Å²) in [7, 11) is 0. The van der Waals surface area contributed by atoms with E-state index in [9.17, 15) is 0 Å². The van der Waals surface area contributed by atoms with Crippen molar-refractivity contribution in [2.24, 2.45) is 5.92 Å². The van der Waals surface area contributed by atoms with E-state index in [4.69, 9.17) is 0 Å². The molecule has 1 N–H and O–H groups in total. The molecule has 23 heavy (non-hydrogen) atoms. The summed E-state index contributed by atoms with van der Waals surface area (Å²) in [6.07, 6.45) is 10.1. The SMILES string of the molecule is CC1CCN(CCCNc2nccn3c(C4CC4)nnc23)CC1. The highest BCUT2D eigenvalue weighted by Gasteiger charge is 2.29. The summed E-state index contributed by atoms with van der Waals surface area (Å²) in [5.41, 5.74) is 0.862. The van der Waals surface area contributed by atoms with Crippen LogP contribution < -0.4 is 5.32 Å². The lowest BCUT2D eigenvalue weighted by molar-refractivity contribution is 0.192. The van der Waals surface area contributed by atoms with Crippen LogP contribution in [0.2, 0.25) is 0 Å². The second-order valence-corrected chi connectivity index (χ2v) is 7.11. The van der Waals surface area contributed by atoms with E-state index in [0.717, 1.165) is 36.2 Å². The van der Waals surface area contributed by atoms with Crippen LogP contribution in [0, 0.1) is 5.92 Å². The normalized spacial score (nSPS) is 20.2. The molecule has 1 saturated heterocycles. The number of piperidine rings is 1. The second kappa shape index (κ2) is 6.43. The molecule has 0 radical (unpaired) electrons. The van der Waals surface area contributed by atoms with Gasteiger partial charge in [-0.15, -0.1) is 10.2 Å². The van der Waals surface area contributed by atoms with E-state index >= 15 is 0 Å². The number of aromatic nitrogens is 4. The molecular formula is C17H26N6. The number of likely N-dealkylation sites (tertiary alicyclic amines) is 1. The van der Waals surface area contributed by atoms with Crippen LogP contribution >= 0.6 is 0 Å². The van der Waals surface area contributed by atoms with Gasteiger partial charge in [0.05, 0.1) is 0 Å². The minimum Gasteiger partial charge on any atom is -0.367 e. The lowest BCUT2D eigenvalue weighted by atomic mass is 9.99. The molecule has 0 spiro atoms. The molecule has 0 atom stereocenters. The van der Waals surface area contributed by atoms with Gasteiger partial charge in [0.2, 0.25) is 5.65 Å². The average molecular weight is 314 g/mol. The van der Waals surface area contributed by atoms with Gasteiger partial charge in [-0.3, -0.25) is 4.40 Å². The Hall–Kier alpha value is -1.69. The molecule has 2 aromatic heterocycles. The number of nitrogens with one attached hydrogen (secondary N) is 1. The minimum absolute atomic E-state index is 0.599. The van der Waals surface area contributed by atoms with E-state index in [1.165, 1.54) is 45.3 Å². The van der Waals surface area contributed by atoms with E-state index in [-0.39, 0.29) is 0 Å². The number of hydrogen-bond acceptors (Lipinski definition) is 5. The molecule has 0 aromatic carbocycles. The van der Waals surface area contributed by atoms with Crippen molar-refractivity contribution < 1.29 is 0 Å². The third-order valence-corrected chi connectivity index (χ3v) is 5.12. The first-order chi connectivity index (χ1) is 11.3. The van der Waals surface area contributed by atoms with Gasteiger partial charge in [0, 0.05) is 24.9 Å². The molecule has 6 nitrogen and oxygen atoms in total. The van der Waals surface area contributed by atoms with Crippen molar-refractivity contribution in [2.75, 3.05) is 31.5 Å². The first-order valence-electron chi connectivity index (χ1n) is 8.97. The Labute approximate surface area is 137 Å². The highest BCUT2D eigenvalue weighted by atomic mass is 15.3. The fourth-order valence-electron chi connectivity index (χ4n) is 3.38. The van der Waals surface area contributed by atoms with Crippen LogP contribution in [0.5, 0.6) is 0 Å². The summed E-state index contributed by atoms with van der Waals surface area (Å²) in [5.74, 6) is 3.45. The predicted octanol–water partition coefficient (Wildman–Crippen LogP) is 2.54. The van der Waals surface area contributed by atoms with Gasteiger partial charge in [0.15, 0.2) is 5.82 Å². The van der Waals surface area contributed by atoms with E-state index in [2.05, 4.69) is 36.7 Å². The Morgan fingerprint density at radius 1 is 1.17 bits per heavy atom. The Morgan fingerprint density at radius 2 is 2.00 bits per heavy atom. The Bertz CT molecular complexity index is 654. The molecule has 0 unspecified atom stereocenters. The third-order valence-electron chi connectivity index (χ3n) is 5.12. The predicted molar refractivity (Wildman–Crippen MR) is 90.7 cm³/mol. The van der Waals surface area contributed by atoms with Crippen molar-refractivity contribution in [3.05, 3.63) is 18.2 Å². The third kappa shape index (κ3) is 3.32. The van der Waals surface area contributed by atoms with E-state index in [0.29, 0.717) is 5.92 Å². The molecule has 2 aromatic rings. The molecular weight excluding hydrogens is 288 g/mol. The smallest absolute Gasteiger partial charge is 0.203 e. The van der Waals surface area contributed by atoms with Crippen molar-refractivity contribution in [1.29, 1.82) is 0 Å². The lowest BCUT2D eigenvalue weighted by Crippen LogP contribution is -2.34. The maximum Gasteiger partial charge on any atom is 0.203 e. The minimum atomic E-state index is 0.599. The Kier molecular flexibility index (Phi) is 4.16. The van der Waals surface area contributed by atoms with E-state index in [1.54, 1.807) is 0 Å². The summed E-state index contributed by atoms with van der Waals surface area (Å²) in [6.45, 7) is 6.97. The molecule has 1 aliphatic heterocycles. The van der Waals surface area contributed by atoms with Crippen LogP contribution in [0.25, 0.3) is 5.65 Å². The fraction of sp³-hybridized carbons (Fsp3) is 0.706. The van der Waals surface area contributed by atoms with E-state index < -0.39 is 0 Å². The molecule has 3 heterocycles. The first kappa shape index (κ1) is 14.9. The fourth-order valence-corrected chi connectivity index (χ4v) is 3.38. The van der Waals surface area contributed by atoms with Crippen LogP contribution in [-0.2, 0) is 0 Å². The molecule has 1 saturated carbocycles. The van der Waals surface area contributed by atoms with Crippen LogP contribution in [0.4, 0.5) is 5.82 Å². The molecule has 6 heteroatoms. The summed E-state index contributed by atoms with van der Waals surface area (Å²) in [5, 5.41) is 12.1. The molecule has 1 aliphatic carbocycles. The van der Waals surface area contributed by atoms with Crippen molar-refractivity contribution in [1.82, 2.24) is 24.5 Å². The number of anilines is 1. The number of nitrogens with zero attached hydrogens (tertiary/aromatic N) is 5. The number of rotatable bonds is 6. The summed E-state index contributed by atoms with van der Waals surface area (Å²) in [4.78, 5) is 7.03. The maximum absolute atomic E-state index is 4.45. The van der Waals surface area contributed by atoms with E-state index in [1.807, 2.05) is 12.4 Å². The number of hydrogen-bond donors (Lipinski definition) is 1. The van der Waals surface area contributed by atoms with Crippen molar-refractivity contribution in [2.45, 2.75) is 44.9 Å². The summed E-state index contributed by atoms with van der Waals surface area (Å²) >= 11 is 0. The average Bonchev–Trinajstić information content (AvgIpc) is 3.32. The molecule has 0 bridgehead atoms. The van der Waals surface area contributed by atoms with Gasteiger partial charge < -0.3 is 10.2 Å². The van der Waals surface area contributed by atoms with Gasteiger partial charge in [-0.1, -0.05) is 6.92 Å². The van der Waals surface area contributed by atoms with Gasteiger partial charge in [0.25, 0.3) is 0 Å². The molecule has 0 amide bonds. The van der Waals surface area contributed by atoms with Gasteiger partial charge in [-0.25, -0.2) is 4.98 Å². The van der Waals surface area contributed by atoms with Crippen LogP contribution in [0.1, 0.15) is 50.8 Å². The van der Waals surface area contributed by atoms with Crippen molar-refractivity contribution in [3.8, 4) is 0 Å².